The average molecular weight is 274 g/mol. The van der Waals surface area contributed by atoms with Gasteiger partial charge in [-0.2, -0.15) is 0 Å². The van der Waals surface area contributed by atoms with Crippen molar-refractivity contribution < 1.29 is 4.79 Å². The lowest BCUT2D eigenvalue weighted by Gasteiger charge is -2.21. The second-order valence-electron chi connectivity index (χ2n) is 5.24. The summed E-state index contributed by atoms with van der Waals surface area (Å²) in [5.41, 5.74) is 2.10. The smallest absolute Gasteiger partial charge is 0.323 e. The fourth-order valence-electron chi connectivity index (χ4n) is 2.65. The van der Waals surface area contributed by atoms with Crippen molar-refractivity contribution in [2.24, 2.45) is 0 Å². The summed E-state index contributed by atoms with van der Waals surface area (Å²) in [6.45, 7) is 3.58. The first-order valence-corrected chi connectivity index (χ1v) is 6.91. The number of likely N-dealkylation sites (tertiary alicyclic amines) is 1. The van der Waals surface area contributed by atoms with Gasteiger partial charge in [0.25, 0.3) is 0 Å². The minimum atomic E-state index is -0.267. The lowest BCUT2D eigenvalue weighted by molar-refractivity contribution is -0.130. The van der Waals surface area contributed by atoms with E-state index in [1.165, 1.54) is 0 Å². The third-order valence-electron chi connectivity index (χ3n) is 3.69. The standard InChI is InChI=1S/C14H18N4O2/c1-9(13(19)18-6-2-3-7-18)15-10-4-5-11-12(8-10)17-14(20)16-11/h4-5,8-9,15H,2-3,6-7H2,1H3,(H2,16,17,20). The number of aromatic nitrogens is 2. The van der Waals surface area contributed by atoms with Crippen LogP contribution in [-0.2, 0) is 4.79 Å². The Morgan fingerprint density at radius 2 is 1.95 bits per heavy atom. The number of nitrogens with zero attached hydrogens (tertiary/aromatic N) is 1. The minimum Gasteiger partial charge on any atom is -0.374 e. The molecule has 6 nitrogen and oxygen atoms in total. The van der Waals surface area contributed by atoms with E-state index in [0.29, 0.717) is 0 Å². The summed E-state index contributed by atoms with van der Waals surface area (Å²) in [7, 11) is 0. The number of carbonyl (C=O) groups excluding carboxylic acids is 1. The Balaban J connectivity index is 1.74. The highest BCUT2D eigenvalue weighted by atomic mass is 16.2. The molecule has 20 heavy (non-hydrogen) atoms. The number of amides is 1. The van der Waals surface area contributed by atoms with Gasteiger partial charge in [0.15, 0.2) is 0 Å². The van der Waals surface area contributed by atoms with E-state index in [0.717, 1.165) is 42.7 Å². The van der Waals surface area contributed by atoms with E-state index in [1.807, 2.05) is 30.0 Å². The fraction of sp³-hybridized carbons (Fsp3) is 0.429. The Morgan fingerprint density at radius 1 is 1.25 bits per heavy atom. The van der Waals surface area contributed by atoms with Crippen molar-refractivity contribution >= 4 is 22.6 Å². The van der Waals surface area contributed by atoms with E-state index in [9.17, 15) is 9.59 Å². The van der Waals surface area contributed by atoms with Gasteiger partial charge >= 0.3 is 5.69 Å². The van der Waals surface area contributed by atoms with Crippen LogP contribution < -0.4 is 11.0 Å². The van der Waals surface area contributed by atoms with Gasteiger partial charge in [-0.05, 0) is 38.0 Å². The van der Waals surface area contributed by atoms with Gasteiger partial charge in [-0.15, -0.1) is 0 Å². The quantitative estimate of drug-likeness (QED) is 0.788. The summed E-state index contributed by atoms with van der Waals surface area (Å²) in [5, 5.41) is 3.19. The number of nitrogens with one attached hydrogen (secondary N) is 3. The van der Waals surface area contributed by atoms with Crippen LogP contribution >= 0.6 is 0 Å². The molecule has 1 aliphatic heterocycles. The molecule has 1 fully saturated rings. The molecule has 106 valence electrons. The average Bonchev–Trinajstić information content (AvgIpc) is 3.05. The Morgan fingerprint density at radius 3 is 2.70 bits per heavy atom. The predicted molar refractivity (Wildman–Crippen MR) is 77.8 cm³/mol. The molecule has 0 radical (unpaired) electrons. The van der Waals surface area contributed by atoms with Crippen molar-refractivity contribution in [3.05, 3.63) is 28.7 Å². The zero-order chi connectivity index (χ0) is 14.1. The highest BCUT2D eigenvalue weighted by Crippen LogP contribution is 2.17. The number of imidazole rings is 1. The molecular weight excluding hydrogens is 256 g/mol. The maximum Gasteiger partial charge on any atom is 0.323 e. The third-order valence-corrected chi connectivity index (χ3v) is 3.69. The van der Waals surface area contributed by atoms with Gasteiger partial charge in [0.05, 0.1) is 11.0 Å². The first-order chi connectivity index (χ1) is 9.63. The molecule has 2 aromatic rings. The van der Waals surface area contributed by atoms with Gasteiger partial charge in [0.2, 0.25) is 5.91 Å². The van der Waals surface area contributed by atoms with Crippen LogP contribution in [0.3, 0.4) is 0 Å². The number of benzene rings is 1. The lowest BCUT2D eigenvalue weighted by atomic mass is 10.2. The number of aromatic amines is 2. The van der Waals surface area contributed by atoms with Crippen LogP contribution in [0.25, 0.3) is 11.0 Å². The number of hydrogen-bond acceptors (Lipinski definition) is 3. The summed E-state index contributed by atoms with van der Waals surface area (Å²) in [5.74, 6) is 0.130. The molecule has 1 aromatic carbocycles. The van der Waals surface area contributed by atoms with Gasteiger partial charge in [-0.3, -0.25) is 4.79 Å². The molecule has 1 saturated heterocycles. The van der Waals surface area contributed by atoms with E-state index in [4.69, 9.17) is 0 Å². The molecule has 0 bridgehead atoms. The van der Waals surface area contributed by atoms with Crippen LogP contribution in [0, 0.1) is 0 Å². The molecule has 0 aliphatic carbocycles. The van der Waals surface area contributed by atoms with Crippen LogP contribution in [0.15, 0.2) is 23.0 Å². The molecule has 1 unspecified atom stereocenters. The van der Waals surface area contributed by atoms with E-state index in [-0.39, 0.29) is 17.6 Å². The lowest BCUT2D eigenvalue weighted by Crippen LogP contribution is -2.39. The van der Waals surface area contributed by atoms with E-state index < -0.39 is 0 Å². The van der Waals surface area contributed by atoms with Gasteiger partial charge in [0, 0.05) is 18.8 Å². The van der Waals surface area contributed by atoms with E-state index >= 15 is 0 Å². The molecule has 0 saturated carbocycles. The van der Waals surface area contributed by atoms with Crippen LogP contribution in [-0.4, -0.2) is 39.9 Å². The molecule has 1 atom stereocenters. The summed E-state index contributed by atoms with van der Waals surface area (Å²) in [6.07, 6.45) is 2.18. The Hall–Kier alpha value is -2.24. The van der Waals surface area contributed by atoms with Crippen LogP contribution in [0.5, 0.6) is 0 Å². The molecular formula is C14H18N4O2. The minimum absolute atomic E-state index is 0.130. The SMILES string of the molecule is CC(Nc1ccc2[nH]c(=O)[nH]c2c1)C(=O)N1CCCC1. The maximum absolute atomic E-state index is 12.2. The molecule has 0 spiro atoms. The predicted octanol–water partition coefficient (Wildman–Crippen LogP) is 1.28. The van der Waals surface area contributed by atoms with E-state index in [1.54, 1.807) is 0 Å². The van der Waals surface area contributed by atoms with Crippen molar-refractivity contribution in [3.8, 4) is 0 Å². The molecule has 6 heteroatoms. The largest absolute Gasteiger partial charge is 0.374 e. The molecule has 1 aliphatic rings. The van der Waals surface area contributed by atoms with Gasteiger partial charge in [-0.1, -0.05) is 0 Å². The highest BCUT2D eigenvalue weighted by Gasteiger charge is 2.23. The van der Waals surface area contributed by atoms with Crippen molar-refractivity contribution in [1.29, 1.82) is 0 Å². The molecule has 1 aromatic heterocycles. The molecule has 3 N–H and O–H groups in total. The van der Waals surface area contributed by atoms with Gasteiger partial charge in [0.1, 0.15) is 6.04 Å². The van der Waals surface area contributed by atoms with Crippen molar-refractivity contribution in [2.75, 3.05) is 18.4 Å². The van der Waals surface area contributed by atoms with E-state index in [2.05, 4.69) is 15.3 Å². The topological polar surface area (TPSA) is 81.0 Å². The maximum atomic E-state index is 12.2. The molecule has 3 rings (SSSR count). The first kappa shape index (κ1) is 12.8. The van der Waals surface area contributed by atoms with Crippen LogP contribution in [0.2, 0.25) is 0 Å². The number of hydrogen-bond donors (Lipinski definition) is 3. The highest BCUT2D eigenvalue weighted by molar-refractivity contribution is 5.86. The van der Waals surface area contributed by atoms with Crippen molar-refractivity contribution in [1.82, 2.24) is 14.9 Å². The zero-order valence-corrected chi connectivity index (χ0v) is 11.4. The molecule has 1 amide bonds. The normalized spacial score (nSPS) is 16.6. The van der Waals surface area contributed by atoms with Gasteiger partial charge < -0.3 is 20.2 Å². The van der Waals surface area contributed by atoms with Crippen molar-refractivity contribution in [3.63, 3.8) is 0 Å². The summed E-state index contributed by atoms with van der Waals surface area (Å²) >= 11 is 0. The van der Waals surface area contributed by atoms with Gasteiger partial charge in [-0.25, -0.2) is 4.79 Å². The Kier molecular flexibility index (Phi) is 3.22. The number of H-pyrrole nitrogens is 2. The number of rotatable bonds is 3. The third kappa shape index (κ3) is 2.41. The summed E-state index contributed by atoms with van der Waals surface area (Å²) < 4.78 is 0. The Labute approximate surface area is 116 Å². The monoisotopic (exact) mass is 274 g/mol. The fourth-order valence-corrected chi connectivity index (χ4v) is 2.65. The second-order valence-corrected chi connectivity index (χ2v) is 5.24. The van der Waals surface area contributed by atoms with Crippen molar-refractivity contribution in [2.45, 2.75) is 25.8 Å². The molecule has 2 heterocycles. The zero-order valence-electron chi connectivity index (χ0n) is 11.4. The van der Waals surface area contributed by atoms with Crippen LogP contribution in [0.4, 0.5) is 5.69 Å². The number of fused-ring (bicyclic) bond motifs is 1. The second kappa shape index (κ2) is 5.03. The number of anilines is 1. The summed E-state index contributed by atoms with van der Waals surface area (Å²) in [6, 6.07) is 5.25. The Bertz CT molecular complexity index is 682. The first-order valence-electron chi connectivity index (χ1n) is 6.91. The summed E-state index contributed by atoms with van der Waals surface area (Å²) in [4.78, 5) is 30.7. The van der Waals surface area contributed by atoms with Crippen LogP contribution in [0.1, 0.15) is 19.8 Å². The number of carbonyl (C=O) groups is 1.